The van der Waals surface area contributed by atoms with Gasteiger partial charge in [-0.05, 0) is 72.1 Å². The maximum Gasteiger partial charge on any atom is 0.216 e. The Morgan fingerprint density at radius 1 is 0.860 bits per heavy atom. The van der Waals surface area contributed by atoms with Gasteiger partial charge in [0.1, 0.15) is 0 Å². The average molecular weight is 871 g/mol. The first-order chi connectivity index (χ1) is 27.2. The van der Waals surface area contributed by atoms with Gasteiger partial charge in [-0.2, -0.15) is 0 Å². The van der Waals surface area contributed by atoms with Crippen LogP contribution in [0, 0.1) is 37.2 Å². The van der Waals surface area contributed by atoms with Gasteiger partial charge in [0.25, 0.3) is 0 Å². The topological polar surface area (TPSA) is 51.8 Å². The normalized spacial score (nSPS) is 16.5. The van der Waals surface area contributed by atoms with Crippen LogP contribution in [0.5, 0.6) is 0 Å². The van der Waals surface area contributed by atoms with E-state index in [1.165, 1.54) is 18.3 Å². The Kier molecular flexibility index (Phi) is 8.35. The molecular weight excluding hydrogens is 807 g/mol. The molecule has 0 unspecified atom stereocenters. The summed E-state index contributed by atoms with van der Waals surface area (Å²) in [6, 6.07) is 21.8. The van der Waals surface area contributed by atoms with Crippen LogP contribution in [0.15, 0.2) is 71.4 Å². The summed E-state index contributed by atoms with van der Waals surface area (Å²) in [4.78, 5) is 13.1. The minimum absolute atomic E-state index is 0. The van der Waals surface area contributed by atoms with Crippen molar-refractivity contribution in [1.82, 2.24) is 15.0 Å². The Bertz CT molecular complexity index is 2510. The van der Waals surface area contributed by atoms with Gasteiger partial charge in [0.2, 0.25) is 5.71 Å². The van der Waals surface area contributed by atoms with Gasteiger partial charge in [-0.25, -0.2) is 4.98 Å². The van der Waals surface area contributed by atoms with Crippen molar-refractivity contribution in [2.24, 2.45) is 11.3 Å². The molecule has 0 spiro atoms. The van der Waals surface area contributed by atoms with Gasteiger partial charge in [0.05, 0.1) is 13.7 Å². The minimum Gasteiger partial charge on any atom is -0.486 e. The molecule has 0 saturated carbocycles. The summed E-state index contributed by atoms with van der Waals surface area (Å²) in [7, 11) is -1.76. The fraction of sp³-hybridized carbons (Fsp3) is 0.386. The molecule has 4 aromatic heterocycles. The predicted molar refractivity (Wildman–Crippen MR) is 210 cm³/mol. The van der Waals surface area contributed by atoms with E-state index >= 15 is 0 Å². The number of furan rings is 1. The minimum atomic E-state index is -2.51. The molecule has 2 aromatic carbocycles. The Balaban J connectivity index is 0.000000270. The molecule has 0 amide bonds. The van der Waals surface area contributed by atoms with Gasteiger partial charge >= 0.3 is 0 Å². The maximum absolute atomic E-state index is 8.84. The molecule has 265 valence electrons. The molecular formula is C44H53IrN3OSi-2. The summed E-state index contributed by atoms with van der Waals surface area (Å²) < 4.78 is 94.6. The number of fused-ring (bicyclic) bond motifs is 3. The molecule has 0 aliphatic rings. The van der Waals surface area contributed by atoms with Crippen LogP contribution in [0.3, 0.4) is 0 Å². The smallest absolute Gasteiger partial charge is 0.216 e. The van der Waals surface area contributed by atoms with Crippen LogP contribution in [0.2, 0.25) is 19.6 Å². The van der Waals surface area contributed by atoms with Gasteiger partial charge in [-0.15, -0.1) is 59.2 Å². The summed E-state index contributed by atoms with van der Waals surface area (Å²) in [6.07, 6.45) is -0.281. The third-order valence-corrected chi connectivity index (χ3v) is 9.80. The first-order valence-corrected chi connectivity index (χ1v) is 20.0. The third-order valence-electron chi connectivity index (χ3n) is 7.78. The van der Waals surface area contributed by atoms with E-state index in [4.69, 9.17) is 19.5 Å². The zero-order valence-electron chi connectivity index (χ0n) is 41.5. The number of aryl methyl sites for hydroxylation is 2. The summed E-state index contributed by atoms with van der Waals surface area (Å²) in [6.45, 7) is 14.7. The Morgan fingerprint density at radius 2 is 1.56 bits per heavy atom. The van der Waals surface area contributed by atoms with Crippen molar-refractivity contribution in [1.29, 1.82) is 0 Å². The Hall–Kier alpha value is -3.44. The molecule has 4 nitrogen and oxygen atoms in total. The molecule has 0 aliphatic heterocycles. The summed E-state index contributed by atoms with van der Waals surface area (Å²) in [5, 5.41) is 2.35. The fourth-order valence-electron chi connectivity index (χ4n) is 5.38. The van der Waals surface area contributed by atoms with E-state index < -0.39 is 51.8 Å². The van der Waals surface area contributed by atoms with Crippen molar-refractivity contribution in [3.05, 3.63) is 107 Å². The van der Waals surface area contributed by atoms with Gasteiger partial charge in [-0.1, -0.05) is 103 Å². The van der Waals surface area contributed by atoms with Crippen molar-refractivity contribution in [3.63, 3.8) is 0 Å². The summed E-state index contributed by atoms with van der Waals surface area (Å²) in [5.41, 5.74) is 4.08. The first-order valence-electron chi connectivity index (χ1n) is 22.0. The Labute approximate surface area is 330 Å². The van der Waals surface area contributed by atoms with Crippen LogP contribution in [0.1, 0.15) is 97.4 Å². The van der Waals surface area contributed by atoms with Gasteiger partial charge in [0, 0.05) is 58.7 Å². The van der Waals surface area contributed by atoms with Crippen molar-refractivity contribution >= 4 is 35.3 Å². The van der Waals surface area contributed by atoms with Crippen molar-refractivity contribution in [2.45, 2.75) is 100 Å². The van der Waals surface area contributed by atoms with E-state index in [0.29, 0.717) is 27.6 Å². The molecule has 1 radical (unpaired) electrons. The van der Waals surface area contributed by atoms with Crippen LogP contribution in [0.4, 0.5) is 0 Å². The largest absolute Gasteiger partial charge is 0.486 e. The fourth-order valence-corrected chi connectivity index (χ4v) is 6.78. The molecule has 0 atom stereocenters. The predicted octanol–water partition coefficient (Wildman–Crippen LogP) is 11.5. The zero-order valence-corrected chi connectivity index (χ0v) is 33.9. The van der Waals surface area contributed by atoms with Gasteiger partial charge in [-0.3, -0.25) is 0 Å². The van der Waals surface area contributed by atoms with Gasteiger partial charge < -0.3 is 14.4 Å². The molecule has 4 heterocycles. The first kappa shape index (κ1) is 26.3. The molecule has 0 N–H and O–H groups in total. The number of benzene rings is 2. The monoisotopic (exact) mass is 871 g/mol. The molecule has 0 fully saturated rings. The second kappa shape index (κ2) is 15.8. The molecule has 50 heavy (non-hydrogen) atoms. The van der Waals surface area contributed by atoms with E-state index in [1.54, 1.807) is 32.0 Å². The molecule has 6 rings (SSSR count). The standard InChI is InChI=1S/C22H21N2O.C22H32NSi.Ir/c1-13(2)9-17-11-20(23-12-14(17)3)16-6-8-21-19(10-16)18-7-5-15(4)24-22(18)25-21;1-16(2)17-9-11-18(12-10-17)20-13-19(14-22(3,4)5)21(15-23-20)24(6,7)8;/h5,7-8,10-13H,9H2,1-4H3;9-11,13,15-16H,14H2,1-8H3;/q2*-1;/i3D3,4D3,9D2;14D2,16D;. The second-order valence-corrected chi connectivity index (χ2v) is 20.0. The quantitative estimate of drug-likeness (QED) is 0.118. The van der Waals surface area contributed by atoms with Crippen molar-refractivity contribution < 1.29 is 39.6 Å². The summed E-state index contributed by atoms with van der Waals surface area (Å²) in [5.74, 6) is -1.13. The third kappa shape index (κ3) is 9.66. The van der Waals surface area contributed by atoms with E-state index in [2.05, 4.69) is 46.7 Å². The van der Waals surface area contributed by atoms with Crippen LogP contribution in [0.25, 0.3) is 44.6 Å². The Morgan fingerprint density at radius 3 is 2.18 bits per heavy atom. The number of hydrogen-bond acceptors (Lipinski definition) is 4. The van der Waals surface area contributed by atoms with Crippen LogP contribution >= 0.6 is 0 Å². The van der Waals surface area contributed by atoms with E-state index in [9.17, 15) is 0 Å². The maximum atomic E-state index is 8.84. The number of pyridine rings is 3. The van der Waals surface area contributed by atoms with Crippen LogP contribution in [-0.4, -0.2) is 23.0 Å². The number of nitrogens with zero attached hydrogens (tertiary/aromatic N) is 3. The number of hydrogen-bond donors (Lipinski definition) is 0. The van der Waals surface area contributed by atoms with E-state index in [0.717, 1.165) is 27.6 Å². The summed E-state index contributed by atoms with van der Waals surface area (Å²) >= 11 is 0. The number of aromatic nitrogens is 3. The molecule has 0 saturated heterocycles. The van der Waals surface area contributed by atoms with E-state index in [-0.39, 0.29) is 42.6 Å². The molecule has 0 aliphatic carbocycles. The van der Waals surface area contributed by atoms with Crippen molar-refractivity contribution in [3.8, 4) is 22.5 Å². The second-order valence-electron chi connectivity index (χ2n) is 14.9. The zero-order chi connectivity index (χ0) is 45.2. The van der Waals surface area contributed by atoms with E-state index in [1.807, 2.05) is 65.1 Å². The molecule has 6 aromatic rings. The molecule has 0 bridgehead atoms. The van der Waals surface area contributed by atoms with Crippen molar-refractivity contribution in [2.75, 3.05) is 0 Å². The molecule has 6 heteroatoms. The van der Waals surface area contributed by atoms with Crippen LogP contribution < -0.4 is 5.19 Å². The van der Waals surface area contributed by atoms with Gasteiger partial charge in [0.15, 0.2) is 0 Å². The average Bonchev–Trinajstić information content (AvgIpc) is 3.50. The SMILES string of the molecule is [2H]C(C)(C)c1c[c-]c(-c2cc(C([2H])([2H])C(C)(C)C)c([Si](C)(C)C)cn2)cc1.[2H]C([2H])([2H])c1ccc2c(n1)oc1c[c-]c(-c3cc(C([2H])([2H])C(C)C)c(C([2H])([2H])[2H])cn3)cc12.[Ir]. The van der Waals surface area contributed by atoms with Crippen LogP contribution in [-0.2, 0) is 32.9 Å². The number of rotatable bonds is 7.